The van der Waals surface area contributed by atoms with Crippen molar-refractivity contribution in [1.82, 2.24) is 5.32 Å². The van der Waals surface area contributed by atoms with Crippen LogP contribution in [0.1, 0.15) is 31.9 Å². The van der Waals surface area contributed by atoms with Gasteiger partial charge in [-0.15, -0.1) is 0 Å². The van der Waals surface area contributed by atoms with E-state index in [-0.39, 0.29) is 16.8 Å². The van der Waals surface area contributed by atoms with Crippen LogP contribution in [0.2, 0.25) is 0 Å². The molecule has 0 aliphatic heterocycles. The van der Waals surface area contributed by atoms with E-state index in [1.165, 1.54) is 17.7 Å². The quantitative estimate of drug-likeness (QED) is 0.452. The van der Waals surface area contributed by atoms with E-state index in [0.717, 1.165) is 17.9 Å². The first-order valence-electron chi connectivity index (χ1n) is 9.26. The third-order valence-electron chi connectivity index (χ3n) is 4.27. The molecule has 0 unspecified atom stereocenters. The number of anilines is 2. The van der Waals surface area contributed by atoms with Crippen LogP contribution in [-0.2, 0) is 21.9 Å². The van der Waals surface area contributed by atoms with Crippen molar-refractivity contribution >= 4 is 33.1 Å². The molecule has 2 rings (SSSR count). The standard InChI is InChI=1S/C20H26N4O5S/c1-20(2,3)15-7-5-14(6-8-15)11-12-21-19(25)22-16-9-10-17(23-30(4,28)29)18(13-16)24(26)27/h5-10,13,23H,11-12H2,1-4H3,(H2,21,22,25). The summed E-state index contributed by atoms with van der Waals surface area (Å²) in [6, 6.07) is 11.4. The van der Waals surface area contributed by atoms with E-state index in [1.807, 2.05) is 12.1 Å². The molecule has 0 aliphatic carbocycles. The minimum absolute atomic E-state index is 0.0751. The molecular formula is C20H26N4O5S. The summed E-state index contributed by atoms with van der Waals surface area (Å²) >= 11 is 0. The maximum Gasteiger partial charge on any atom is 0.319 e. The predicted molar refractivity (Wildman–Crippen MR) is 117 cm³/mol. The number of carbonyl (C=O) groups is 1. The van der Waals surface area contributed by atoms with Crippen molar-refractivity contribution in [1.29, 1.82) is 0 Å². The van der Waals surface area contributed by atoms with E-state index >= 15 is 0 Å². The van der Waals surface area contributed by atoms with Crippen LogP contribution in [0, 0.1) is 10.1 Å². The first-order valence-corrected chi connectivity index (χ1v) is 11.1. The number of urea groups is 1. The number of amides is 2. The minimum atomic E-state index is -3.67. The van der Waals surface area contributed by atoms with Crippen LogP contribution in [0.15, 0.2) is 42.5 Å². The van der Waals surface area contributed by atoms with Crippen molar-refractivity contribution in [3.63, 3.8) is 0 Å². The van der Waals surface area contributed by atoms with Crippen molar-refractivity contribution in [2.45, 2.75) is 32.6 Å². The first kappa shape index (κ1) is 23.1. The zero-order chi connectivity index (χ0) is 22.5. The lowest BCUT2D eigenvalue weighted by Gasteiger charge is -2.19. The van der Waals surface area contributed by atoms with Crippen LogP contribution in [0.25, 0.3) is 0 Å². The van der Waals surface area contributed by atoms with Gasteiger partial charge < -0.3 is 10.6 Å². The number of sulfonamides is 1. The van der Waals surface area contributed by atoms with Gasteiger partial charge in [0.2, 0.25) is 10.0 Å². The number of nitro groups is 1. The van der Waals surface area contributed by atoms with Crippen molar-refractivity contribution in [2.24, 2.45) is 0 Å². The number of nitrogens with one attached hydrogen (secondary N) is 3. The van der Waals surface area contributed by atoms with Crippen molar-refractivity contribution in [3.05, 3.63) is 63.7 Å². The average Bonchev–Trinajstić information content (AvgIpc) is 2.61. The molecule has 0 spiro atoms. The Balaban J connectivity index is 1.94. The van der Waals surface area contributed by atoms with Crippen molar-refractivity contribution < 1.29 is 18.1 Å². The highest BCUT2D eigenvalue weighted by atomic mass is 32.2. The topological polar surface area (TPSA) is 130 Å². The Labute approximate surface area is 176 Å². The number of nitro benzene ring substituents is 1. The van der Waals surface area contributed by atoms with Gasteiger partial charge in [-0.2, -0.15) is 0 Å². The molecule has 0 aromatic heterocycles. The van der Waals surface area contributed by atoms with E-state index < -0.39 is 26.7 Å². The summed E-state index contributed by atoms with van der Waals surface area (Å²) in [6.45, 7) is 6.81. The average molecular weight is 435 g/mol. The van der Waals surface area contributed by atoms with Crippen LogP contribution in [0.4, 0.5) is 21.9 Å². The normalized spacial score (nSPS) is 11.6. The maximum absolute atomic E-state index is 12.1. The number of carbonyl (C=O) groups excluding carboxylic acids is 1. The zero-order valence-corrected chi connectivity index (χ0v) is 18.2. The molecule has 0 saturated heterocycles. The number of benzene rings is 2. The molecule has 0 radical (unpaired) electrons. The van der Waals surface area contributed by atoms with E-state index in [9.17, 15) is 23.3 Å². The second-order valence-electron chi connectivity index (χ2n) is 7.94. The van der Waals surface area contributed by atoms with E-state index in [4.69, 9.17) is 0 Å². The van der Waals surface area contributed by atoms with Gasteiger partial charge >= 0.3 is 6.03 Å². The fourth-order valence-corrected chi connectivity index (χ4v) is 3.29. The van der Waals surface area contributed by atoms with E-state index in [1.54, 1.807) is 0 Å². The molecule has 2 aromatic carbocycles. The lowest BCUT2D eigenvalue weighted by molar-refractivity contribution is -0.383. The summed E-state index contributed by atoms with van der Waals surface area (Å²) in [7, 11) is -3.67. The predicted octanol–water partition coefficient (Wildman–Crippen LogP) is 3.63. The molecule has 0 aliphatic rings. The molecule has 0 saturated carbocycles. The number of hydrogen-bond acceptors (Lipinski definition) is 5. The monoisotopic (exact) mass is 434 g/mol. The second kappa shape index (κ2) is 9.12. The smallest absolute Gasteiger partial charge is 0.319 e. The van der Waals surface area contributed by atoms with E-state index in [2.05, 4.69) is 48.3 Å². The fraction of sp³-hybridized carbons (Fsp3) is 0.350. The van der Waals surface area contributed by atoms with E-state index in [0.29, 0.717) is 13.0 Å². The molecule has 30 heavy (non-hydrogen) atoms. The Morgan fingerprint density at radius 2 is 1.73 bits per heavy atom. The molecule has 2 aromatic rings. The molecule has 3 N–H and O–H groups in total. The van der Waals surface area contributed by atoms with Gasteiger partial charge in [-0.1, -0.05) is 45.0 Å². The Kier molecular flexibility index (Phi) is 7.04. The third kappa shape index (κ3) is 7.03. The summed E-state index contributed by atoms with van der Waals surface area (Å²) in [5.41, 5.74) is 1.92. The van der Waals surface area contributed by atoms with Gasteiger partial charge in [0.05, 0.1) is 11.2 Å². The van der Waals surface area contributed by atoms with Gasteiger partial charge in [0.15, 0.2) is 0 Å². The number of rotatable bonds is 7. The summed E-state index contributed by atoms with van der Waals surface area (Å²) in [5, 5.41) is 16.4. The Bertz CT molecular complexity index is 1030. The lowest BCUT2D eigenvalue weighted by atomic mass is 9.86. The summed E-state index contributed by atoms with van der Waals surface area (Å²) < 4.78 is 24.7. The lowest BCUT2D eigenvalue weighted by Crippen LogP contribution is -2.30. The second-order valence-corrected chi connectivity index (χ2v) is 9.69. The van der Waals surface area contributed by atoms with Gasteiger partial charge in [0, 0.05) is 18.3 Å². The van der Waals surface area contributed by atoms with Gasteiger partial charge in [0.1, 0.15) is 5.69 Å². The summed E-state index contributed by atoms with van der Waals surface area (Å²) in [5.74, 6) is 0. The van der Waals surface area contributed by atoms with Crippen LogP contribution in [0.3, 0.4) is 0 Å². The van der Waals surface area contributed by atoms with Crippen molar-refractivity contribution in [2.75, 3.05) is 22.8 Å². The van der Waals surface area contributed by atoms with Gasteiger partial charge in [-0.05, 0) is 35.1 Å². The molecule has 9 nitrogen and oxygen atoms in total. The largest absolute Gasteiger partial charge is 0.338 e. The maximum atomic E-state index is 12.1. The highest BCUT2D eigenvalue weighted by Gasteiger charge is 2.18. The highest BCUT2D eigenvalue weighted by Crippen LogP contribution is 2.28. The van der Waals surface area contributed by atoms with Crippen LogP contribution < -0.4 is 15.4 Å². The van der Waals surface area contributed by atoms with Gasteiger partial charge in [0.25, 0.3) is 5.69 Å². The molecule has 0 heterocycles. The van der Waals surface area contributed by atoms with Crippen LogP contribution in [0.5, 0.6) is 0 Å². The minimum Gasteiger partial charge on any atom is -0.338 e. The zero-order valence-electron chi connectivity index (χ0n) is 17.4. The Morgan fingerprint density at radius 1 is 1.10 bits per heavy atom. The van der Waals surface area contributed by atoms with Crippen LogP contribution >= 0.6 is 0 Å². The van der Waals surface area contributed by atoms with Gasteiger partial charge in [-0.25, -0.2) is 13.2 Å². The SMILES string of the molecule is CC(C)(C)c1ccc(CCNC(=O)Nc2ccc(NS(C)(=O)=O)c([N+](=O)[O-])c2)cc1. The molecular weight excluding hydrogens is 408 g/mol. The molecule has 0 bridgehead atoms. The number of hydrogen-bond donors (Lipinski definition) is 3. The number of nitrogens with zero attached hydrogens (tertiary/aromatic N) is 1. The Morgan fingerprint density at radius 3 is 2.27 bits per heavy atom. The van der Waals surface area contributed by atoms with Crippen LogP contribution in [-0.4, -0.2) is 32.2 Å². The molecule has 2 amide bonds. The molecule has 10 heteroatoms. The summed E-state index contributed by atoms with van der Waals surface area (Å²) in [6.07, 6.45) is 1.53. The third-order valence-corrected chi connectivity index (χ3v) is 4.86. The highest BCUT2D eigenvalue weighted by molar-refractivity contribution is 7.92. The first-order chi connectivity index (χ1) is 13.8. The summed E-state index contributed by atoms with van der Waals surface area (Å²) in [4.78, 5) is 22.6. The van der Waals surface area contributed by atoms with Crippen molar-refractivity contribution in [3.8, 4) is 0 Å². The molecule has 0 atom stereocenters. The molecule has 162 valence electrons. The van der Waals surface area contributed by atoms with Gasteiger partial charge in [-0.3, -0.25) is 14.8 Å². The molecule has 0 fully saturated rings. The fourth-order valence-electron chi connectivity index (χ4n) is 2.71. The Hall–Kier alpha value is -3.14.